The summed E-state index contributed by atoms with van der Waals surface area (Å²) in [6.45, 7) is 0. The molecule has 0 saturated heterocycles. The summed E-state index contributed by atoms with van der Waals surface area (Å²) in [7, 11) is 3.63. The van der Waals surface area contributed by atoms with Crippen LogP contribution in [-0.4, -0.2) is 52.0 Å². The van der Waals surface area contributed by atoms with Gasteiger partial charge in [0, 0.05) is 44.8 Å². The van der Waals surface area contributed by atoms with Gasteiger partial charge in [-0.25, -0.2) is 27.5 Å². The molecule has 324 valence electrons. The van der Waals surface area contributed by atoms with Gasteiger partial charge in [0.05, 0.1) is 68.2 Å². The van der Waals surface area contributed by atoms with Gasteiger partial charge in [-0.3, -0.25) is 15.0 Å². The molecule has 0 radical (unpaired) electrons. The molecule has 5 heterocycles. The molecule has 0 N–H and O–H groups in total. The van der Waals surface area contributed by atoms with Gasteiger partial charge in [0.2, 0.25) is 0 Å². The number of pyridine rings is 3. The van der Waals surface area contributed by atoms with Crippen LogP contribution in [0.25, 0.3) is 44.8 Å². The summed E-state index contributed by atoms with van der Waals surface area (Å²) < 4.78 is 56.9. The van der Waals surface area contributed by atoms with Crippen LogP contribution in [0.5, 0.6) is 0 Å². The maximum absolute atomic E-state index is 13.8. The van der Waals surface area contributed by atoms with Crippen molar-refractivity contribution in [2.45, 2.75) is 0 Å². The number of benzene rings is 4. The van der Waals surface area contributed by atoms with Gasteiger partial charge in [-0.1, -0.05) is 42.5 Å². The molecule has 0 saturated carbocycles. The first-order valence-corrected chi connectivity index (χ1v) is 18.4. The van der Waals surface area contributed by atoms with Crippen LogP contribution in [0, 0.1) is 23.3 Å². The minimum Gasteiger partial charge on any atom is -0.543 e. The third-order valence-corrected chi connectivity index (χ3v) is 8.54. The Morgan fingerprint density at radius 1 is 0.453 bits per heavy atom. The Morgan fingerprint density at radius 2 is 0.766 bits per heavy atom. The van der Waals surface area contributed by atoms with E-state index in [0.717, 1.165) is 34.2 Å². The van der Waals surface area contributed by atoms with Crippen molar-refractivity contribution >= 4 is 40.0 Å². The molecule has 9 aromatic rings. The minimum atomic E-state index is -1.24. The number of carbonyl (C=O) groups excluding carboxylic acids is 3. The maximum atomic E-state index is 13.8. The Kier molecular flexibility index (Phi) is 17.7. The summed E-state index contributed by atoms with van der Waals surface area (Å²) in [5.74, 6) is -5.11. The van der Waals surface area contributed by atoms with Crippen molar-refractivity contribution < 1.29 is 67.4 Å². The SMILES string of the molecule is Cn1c(-c2ccc(F)cc2F)nc2ccccc21.Cn1c(-c2ccc(F)cc2F)nc2ccccc21.O=C([O-])c1ccccn1.O=C([O-])c1ccccn1.O=C([O-])c1ccccn1.[Ir+3]. The first kappa shape index (κ1) is 48.7. The summed E-state index contributed by atoms with van der Waals surface area (Å²) in [4.78, 5) is 49.4. The molecular formula is C46H32F4IrN7O6. The predicted octanol–water partition coefficient (Wildman–Crippen LogP) is 5.37. The van der Waals surface area contributed by atoms with Crippen LogP contribution >= 0.6 is 0 Å². The molecule has 0 fully saturated rings. The first-order valence-electron chi connectivity index (χ1n) is 18.4. The summed E-state index contributed by atoms with van der Waals surface area (Å²) in [6.07, 6.45) is 4.22. The molecule has 4 aromatic carbocycles. The summed E-state index contributed by atoms with van der Waals surface area (Å²) >= 11 is 0. The van der Waals surface area contributed by atoms with Gasteiger partial charge in [0.1, 0.15) is 34.9 Å². The second-order valence-corrected chi connectivity index (χ2v) is 12.7. The van der Waals surface area contributed by atoms with Crippen molar-refractivity contribution in [3.63, 3.8) is 0 Å². The third kappa shape index (κ3) is 13.0. The van der Waals surface area contributed by atoms with E-state index in [4.69, 9.17) is 0 Å². The number of hydrogen-bond donors (Lipinski definition) is 0. The number of nitrogens with zero attached hydrogens (tertiary/aromatic N) is 7. The van der Waals surface area contributed by atoms with E-state index >= 15 is 0 Å². The zero-order valence-corrected chi connectivity index (χ0v) is 35.8. The van der Waals surface area contributed by atoms with Crippen molar-refractivity contribution in [1.82, 2.24) is 34.1 Å². The molecule has 0 unspecified atom stereocenters. The number of fused-ring (bicyclic) bond motifs is 2. The predicted molar refractivity (Wildman–Crippen MR) is 218 cm³/mol. The molecule has 0 bridgehead atoms. The molecule has 0 amide bonds. The van der Waals surface area contributed by atoms with E-state index in [-0.39, 0.29) is 37.2 Å². The van der Waals surface area contributed by atoms with E-state index in [1.54, 1.807) is 45.5 Å². The number of aromatic carboxylic acids is 3. The zero-order valence-electron chi connectivity index (χ0n) is 33.4. The fraction of sp³-hybridized carbons (Fsp3) is 0.0435. The van der Waals surface area contributed by atoms with E-state index in [1.165, 1.54) is 61.1 Å². The minimum absolute atomic E-state index is 0. The van der Waals surface area contributed by atoms with Crippen molar-refractivity contribution in [2.24, 2.45) is 14.1 Å². The van der Waals surface area contributed by atoms with Gasteiger partial charge in [-0.05, 0) is 84.9 Å². The number of rotatable bonds is 5. The standard InChI is InChI=1S/2C14H10F2N2.3C6H5NO2.Ir/c2*1-18-13-5-3-2-4-12(13)17-14(18)10-7-6-9(15)8-11(10)16;3*8-6(9)5-3-1-2-4-7-5;/h2*2-8H,1H3;3*1-4H,(H,8,9);/q;;;;;+3/p-3. The monoisotopic (exact) mass is 1050 g/mol. The largest absolute Gasteiger partial charge is 3.00 e. The van der Waals surface area contributed by atoms with E-state index in [1.807, 2.05) is 62.6 Å². The van der Waals surface area contributed by atoms with Crippen LogP contribution < -0.4 is 15.3 Å². The Balaban J connectivity index is 0.000000182. The Labute approximate surface area is 375 Å². The molecule has 0 aliphatic heterocycles. The van der Waals surface area contributed by atoms with Gasteiger partial charge < -0.3 is 38.8 Å². The number of hydrogen-bond acceptors (Lipinski definition) is 11. The van der Waals surface area contributed by atoms with Crippen LogP contribution in [0.1, 0.15) is 31.5 Å². The van der Waals surface area contributed by atoms with Gasteiger partial charge >= 0.3 is 20.1 Å². The van der Waals surface area contributed by atoms with E-state index in [2.05, 4.69) is 24.9 Å². The second-order valence-electron chi connectivity index (χ2n) is 12.7. The van der Waals surface area contributed by atoms with Gasteiger partial charge in [0.15, 0.2) is 0 Å². The van der Waals surface area contributed by atoms with Crippen molar-refractivity contribution in [3.05, 3.63) is 198 Å². The molecular weight excluding hydrogens is 1010 g/mol. The fourth-order valence-corrected chi connectivity index (χ4v) is 5.57. The van der Waals surface area contributed by atoms with E-state index < -0.39 is 41.2 Å². The van der Waals surface area contributed by atoms with Crippen LogP contribution in [0.2, 0.25) is 0 Å². The molecule has 64 heavy (non-hydrogen) atoms. The van der Waals surface area contributed by atoms with E-state index in [0.29, 0.717) is 22.8 Å². The number of para-hydroxylation sites is 4. The van der Waals surface area contributed by atoms with Crippen molar-refractivity contribution in [2.75, 3.05) is 0 Å². The third-order valence-electron chi connectivity index (χ3n) is 8.54. The summed E-state index contributed by atoms with van der Waals surface area (Å²) in [6, 6.07) is 36.0. The molecule has 0 spiro atoms. The topological polar surface area (TPSA) is 195 Å². The number of aryl methyl sites for hydroxylation is 2. The molecule has 9 rings (SSSR count). The Hall–Kier alpha value is -7.95. The smallest absolute Gasteiger partial charge is 0.543 e. The molecule has 5 aromatic heterocycles. The number of carboxylic acids is 3. The molecule has 13 nitrogen and oxygen atoms in total. The Bertz CT molecular complexity index is 2730. The normalized spacial score (nSPS) is 9.97. The van der Waals surface area contributed by atoms with Crippen molar-refractivity contribution in [1.29, 1.82) is 0 Å². The quantitative estimate of drug-likeness (QED) is 0.201. The molecule has 0 atom stereocenters. The van der Waals surface area contributed by atoms with Crippen LogP contribution in [0.4, 0.5) is 17.6 Å². The maximum Gasteiger partial charge on any atom is 3.00 e. The zero-order chi connectivity index (χ0) is 45.5. The van der Waals surface area contributed by atoms with Crippen LogP contribution in [0.15, 0.2) is 158 Å². The van der Waals surface area contributed by atoms with Gasteiger partial charge in [0.25, 0.3) is 0 Å². The number of imidazole rings is 2. The molecule has 0 aliphatic rings. The summed E-state index contributed by atoms with van der Waals surface area (Å²) in [5, 5.41) is 30.1. The Morgan fingerprint density at radius 3 is 1.02 bits per heavy atom. The number of aromatic nitrogens is 7. The molecule has 18 heteroatoms. The average molecular weight is 1050 g/mol. The van der Waals surface area contributed by atoms with Gasteiger partial charge in [-0.15, -0.1) is 0 Å². The average Bonchev–Trinajstić information content (AvgIpc) is 3.81. The van der Waals surface area contributed by atoms with Crippen LogP contribution in [0.3, 0.4) is 0 Å². The van der Waals surface area contributed by atoms with Crippen LogP contribution in [-0.2, 0) is 34.2 Å². The fourth-order valence-electron chi connectivity index (χ4n) is 5.57. The first-order chi connectivity index (χ1) is 30.2. The van der Waals surface area contributed by atoms with Gasteiger partial charge in [-0.2, -0.15) is 0 Å². The summed E-state index contributed by atoms with van der Waals surface area (Å²) in [5.41, 5.74) is 3.92. The second kappa shape index (κ2) is 23.3. The molecule has 0 aliphatic carbocycles. The number of carboxylic acid groups (broad SMARTS) is 3. The van der Waals surface area contributed by atoms with E-state index in [9.17, 15) is 47.3 Å². The number of carbonyl (C=O) groups is 3. The number of halogens is 4. The van der Waals surface area contributed by atoms with Crippen molar-refractivity contribution in [3.8, 4) is 22.8 Å².